The van der Waals surface area contributed by atoms with Gasteiger partial charge in [-0.25, -0.2) is 0 Å². The van der Waals surface area contributed by atoms with Gasteiger partial charge < -0.3 is 5.73 Å². The van der Waals surface area contributed by atoms with Gasteiger partial charge in [-0.2, -0.15) is 5.10 Å². The van der Waals surface area contributed by atoms with Crippen LogP contribution in [0.3, 0.4) is 0 Å². The predicted molar refractivity (Wildman–Crippen MR) is 98.8 cm³/mol. The Bertz CT molecular complexity index is 743. The standard InChI is InChI=1S/C17H16Cl3N3/c1-10-15(9-21)22-23(16-7-6-13(19)8-14(16)20)17(10)11-2-4-12(18)5-3-11/h2-8,10,17H,9,21H2,1H3/t10-,17+/m0/s1. The van der Waals surface area contributed by atoms with E-state index in [4.69, 9.17) is 45.6 Å². The topological polar surface area (TPSA) is 41.6 Å². The van der Waals surface area contributed by atoms with Crippen LogP contribution < -0.4 is 10.7 Å². The second-order valence-electron chi connectivity index (χ2n) is 5.52. The van der Waals surface area contributed by atoms with Gasteiger partial charge in [-0.1, -0.05) is 53.9 Å². The molecule has 2 N–H and O–H groups in total. The molecule has 2 aromatic rings. The molecule has 0 spiro atoms. The van der Waals surface area contributed by atoms with Crippen LogP contribution in [-0.2, 0) is 0 Å². The van der Waals surface area contributed by atoms with Gasteiger partial charge in [0.05, 0.1) is 22.5 Å². The molecule has 2 atom stereocenters. The average molecular weight is 369 g/mol. The lowest BCUT2D eigenvalue weighted by atomic mass is 9.91. The minimum Gasteiger partial charge on any atom is -0.325 e. The van der Waals surface area contributed by atoms with E-state index in [0.717, 1.165) is 17.0 Å². The summed E-state index contributed by atoms with van der Waals surface area (Å²) >= 11 is 18.4. The van der Waals surface area contributed by atoms with Crippen molar-refractivity contribution in [1.29, 1.82) is 0 Å². The molecular formula is C17H16Cl3N3. The lowest BCUT2D eigenvalue weighted by molar-refractivity contribution is 0.586. The van der Waals surface area contributed by atoms with Gasteiger partial charge in [-0.3, -0.25) is 5.01 Å². The number of benzene rings is 2. The molecule has 0 saturated heterocycles. The van der Waals surface area contributed by atoms with Crippen molar-refractivity contribution in [2.45, 2.75) is 13.0 Å². The monoisotopic (exact) mass is 367 g/mol. The van der Waals surface area contributed by atoms with Crippen LogP contribution in [0.4, 0.5) is 5.69 Å². The molecule has 3 nitrogen and oxygen atoms in total. The highest BCUT2D eigenvalue weighted by Crippen LogP contribution is 2.42. The van der Waals surface area contributed by atoms with E-state index in [1.165, 1.54) is 0 Å². The fourth-order valence-electron chi connectivity index (χ4n) is 2.87. The van der Waals surface area contributed by atoms with Crippen LogP contribution in [0.25, 0.3) is 0 Å². The van der Waals surface area contributed by atoms with Crippen LogP contribution in [0, 0.1) is 5.92 Å². The summed E-state index contributed by atoms with van der Waals surface area (Å²) in [6.07, 6.45) is 0. The summed E-state index contributed by atoms with van der Waals surface area (Å²) in [4.78, 5) is 0. The van der Waals surface area contributed by atoms with Gasteiger partial charge in [-0.15, -0.1) is 0 Å². The first-order valence-corrected chi connectivity index (χ1v) is 8.42. The highest BCUT2D eigenvalue weighted by molar-refractivity contribution is 6.36. The Hall–Kier alpha value is -1.26. The molecule has 2 aromatic carbocycles. The molecule has 1 aliphatic heterocycles. The lowest BCUT2D eigenvalue weighted by Crippen LogP contribution is -2.25. The molecule has 0 saturated carbocycles. The fraction of sp³-hybridized carbons (Fsp3) is 0.235. The predicted octanol–water partition coefficient (Wildman–Crippen LogP) is 5.16. The summed E-state index contributed by atoms with van der Waals surface area (Å²) < 4.78 is 0. The van der Waals surface area contributed by atoms with Gasteiger partial charge in [0.15, 0.2) is 0 Å². The molecule has 0 unspecified atom stereocenters. The fourth-order valence-corrected chi connectivity index (χ4v) is 3.49. The third-order valence-corrected chi connectivity index (χ3v) is 4.87. The number of nitrogens with zero attached hydrogens (tertiary/aromatic N) is 2. The second kappa shape index (κ2) is 6.70. The number of halogens is 3. The van der Waals surface area contributed by atoms with Gasteiger partial charge in [0.2, 0.25) is 0 Å². The maximum Gasteiger partial charge on any atom is 0.0854 e. The van der Waals surface area contributed by atoms with E-state index < -0.39 is 0 Å². The first-order chi connectivity index (χ1) is 11.0. The van der Waals surface area contributed by atoms with Crippen LogP contribution >= 0.6 is 34.8 Å². The zero-order valence-electron chi connectivity index (χ0n) is 12.5. The highest BCUT2D eigenvalue weighted by atomic mass is 35.5. The van der Waals surface area contributed by atoms with Gasteiger partial charge in [0, 0.05) is 22.5 Å². The molecule has 0 aromatic heterocycles. The molecule has 1 heterocycles. The summed E-state index contributed by atoms with van der Waals surface area (Å²) in [7, 11) is 0. The zero-order chi connectivity index (χ0) is 16.6. The Kier molecular flexibility index (Phi) is 4.83. The Morgan fingerprint density at radius 2 is 1.70 bits per heavy atom. The molecule has 1 aliphatic rings. The van der Waals surface area contributed by atoms with E-state index >= 15 is 0 Å². The minimum absolute atomic E-state index is 0.0180. The second-order valence-corrected chi connectivity index (χ2v) is 6.80. The number of rotatable bonds is 3. The van der Waals surface area contributed by atoms with E-state index in [1.807, 2.05) is 41.4 Å². The number of hydrogen-bond donors (Lipinski definition) is 1. The van der Waals surface area contributed by atoms with Crippen molar-refractivity contribution in [2.75, 3.05) is 11.6 Å². The number of nitrogens with two attached hydrogens (primary N) is 1. The molecule has 0 bridgehead atoms. The highest BCUT2D eigenvalue weighted by Gasteiger charge is 2.36. The number of anilines is 1. The van der Waals surface area contributed by atoms with Crippen molar-refractivity contribution in [1.82, 2.24) is 0 Å². The van der Waals surface area contributed by atoms with Crippen molar-refractivity contribution in [3.8, 4) is 0 Å². The maximum absolute atomic E-state index is 6.38. The van der Waals surface area contributed by atoms with Crippen molar-refractivity contribution >= 4 is 46.2 Å². The van der Waals surface area contributed by atoms with Gasteiger partial charge in [0.1, 0.15) is 0 Å². The molecule has 0 aliphatic carbocycles. The van der Waals surface area contributed by atoms with Crippen molar-refractivity contribution in [3.05, 3.63) is 63.1 Å². The SMILES string of the molecule is C[C@H]1C(CN)=NN(c2ccc(Cl)cc2Cl)[C@H]1c1ccc(Cl)cc1. The van der Waals surface area contributed by atoms with Gasteiger partial charge in [0.25, 0.3) is 0 Å². The van der Waals surface area contributed by atoms with E-state index in [9.17, 15) is 0 Å². The lowest BCUT2D eigenvalue weighted by Gasteiger charge is -2.27. The van der Waals surface area contributed by atoms with Crippen molar-refractivity contribution < 1.29 is 0 Å². The number of hydrazone groups is 1. The summed E-state index contributed by atoms with van der Waals surface area (Å²) in [6.45, 7) is 2.53. The quantitative estimate of drug-likeness (QED) is 0.813. The van der Waals surface area contributed by atoms with Gasteiger partial charge >= 0.3 is 0 Å². The van der Waals surface area contributed by atoms with E-state index in [-0.39, 0.29) is 12.0 Å². The largest absolute Gasteiger partial charge is 0.325 e. The Morgan fingerprint density at radius 3 is 2.30 bits per heavy atom. The average Bonchev–Trinajstić information content (AvgIpc) is 2.85. The summed E-state index contributed by atoms with van der Waals surface area (Å²) in [5.41, 5.74) is 8.72. The van der Waals surface area contributed by atoms with Crippen molar-refractivity contribution in [3.63, 3.8) is 0 Å². The first kappa shape index (κ1) is 16.6. The van der Waals surface area contributed by atoms with E-state index in [0.29, 0.717) is 21.6 Å². The Morgan fingerprint density at radius 1 is 1.04 bits per heavy atom. The van der Waals surface area contributed by atoms with Crippen LogP contribution in [0.2, 0.25) is 15.1 Å². The summed E-state index contributed by atoms with van der Waals surface area (Å²) in [5, 5.41) is 8.48. The third-order valence-electron chi connectivity index (χ3n) is 4.08. The summed E-state index contributed by atoms with van der Waals surface area (Å²) in [5.74, 6) is 0.174. The Labute approximate surface area is 150 Å². The molecule has 0 fully saturated rings. The van der Waals surface area contributed by atoms with Crippen molar-refractivity contribution in [2.24, 2.45) is 16.8 Å². The molecule has 0 radical (unpaired) electrons. The van der Waals surface area contributed by atoms with Crippen LogP contribution in [-0.4, -0.2) is 12.3 Å². The minimum atomic E-state index is 0.0180. The molecule has 6 heteroatoms. The zero-order valence-corrected chi connectivity index (χ0v) is 14.8. The number of hydrogen-bond acceptors (Lipinski definition) is 3. The molecular weight excluding hydrogens is 353 g/mol. The van der Waals surface area contributed by atoms with Gasteiger partial charge in [-0.05, 0) is 35.9 Å². The van der Waals surface area contributed by atoms with E-state index in [1.54, 1.807) is 6.07 Å². The van der Waals surface area contributed by atoms with Crippen LogP contribution in [0.15, 0.2) is 47.6 Å². The third kappa shape index (κ3) is 3.20. The summed E-state index contributed by atoms with van der Waals surface area (Å²) in [6, 6.07) is 13.2. The first-order valence-electron chi connectivity index (χ1n) is 7.28. The Balaban J connectivity index is 2.07. The van der Waals surface area contributed by atoms with Crippen LogP contribution in [0.1, 0.15) is 18.5 Å². The molecule has 23 heavy (non-hydrogen) atoms. The molecule has 0 amide bonds. The van der Waals surface area contributed by atoms with Crippen LogP contribution in [0.5, 0.6) is 0 Å². The normalized spacial score (nSPS) is 20.7. The molecule has 3 rings (SSSR count). The smallest absolute Gasteiger partial charge is 0.0854 e. The maximum atomic E-state index is 6.38. The van der Waals surface area contributed by atoms with E-state index in [2.05, 4.69) is 6.92 Å². The molecule has 120 valence electrons.